The lowest BCUT2D eigenvalue weighted by Gasteiger charge is -2.54. The number of rotatable bonds is 4. The SMILES string of the molecule is CC(C)c1cc2c(cc1OCc1ccccc1)[C@@]1(C)CCC[C@@]3(C)CO[C@@H]([C@@H]2O)[C@@H]31. The topological polar surface area (TPSA) is 38.7 Å². The van der Waals surface area contributed by atoms with Crippen LogP contribution in [0.4, 0.5) is 0 Å². The average Bonchev–Trinajstić information content (AvgIpc) is 3.10. The minimum atomic E-state index is -0.557. The van der Waals surface area contributed by atoms with Crippen molar-refractivity contribution >= 4 is 0 Å². The van der Waals surface area contributed by atoms with Crippen molar-refractivity contribution in [3.05, 3.63) is 64.7 Å². The molecule has 0 aromatic heterocycles. The highest BCUT2D eigenvalue weighted by atomic mass is 16.5. The van der Waals surface area contributed by atoms with Crippen molar-refractivity contribution in [2.45, 2.75) is 77.1 Å². The molecule has 0 radical (unpaired) electrons. The van der Waals surface area contributed by atoms with E-state index in [1.54, 1.807) is 0 Å². The minimum absolute atomic E-state index is 0.0170. The maximum atomic E-state index is 11.4. The van der Waals surface area contributed by atoms with Crippen molar-refractivity contribution in [3.8, 4) is 5.75 Å². The van der Waals surface area contributed by atoms with Gasteiger partial charge >= 0.3 is 0 Å². The molecule has 3 aliphatic rings. The maximum absolute atomic E-state index is 11.4. The van der Waals surface area contributed by atoms with Crippen LogP contribution in [0.3, 0.4) is 0 Å². The molecule has 160 valence electrons. The van der Waals surface area contributed by atoms with Gasteiger partial charge in [-0.2, -0.15) is 0 Å². The lowest BCUT2D eigenvalue weighted by molar-refractivity contribution is -0.0553. The zero-order valence-electron chi connectivity index (χ0n) is 18.7. The molecule has 0 unspecified atom stereocenters. The fraction of sp³-hybridized carbons (Fsp3) is 0.556. The summed E-state index contributed by atoms with van der Waals surface area (Å²) in [5, 5.41) is 11.4. The van der Waals surface area contributed by atoms with E-state index in [0.717, 1.165) is 24.3 Å². The van der Waals surface area contributed by atoms with Crippen molar-refractivity contribution in [2.24, 2.45) is 11.3 Å². The van der Waals surface area contributed by atoms with E-state index in [1.165, 1.54) is 29.5 Å². The zero-order chi connectivity index (χ0) is 21.1. The van der Waals surface area contributed by atoms with E-state index in [2.05, 4.69) is 64.1 Å². The van der Waals surface area contributed by atoms with Crippen molar-refractivity contribution in [3.63, 3.8) is 0 Å². The van der Waals surface area contributed by atoms with E-state index in [1.807, 2.05) is 6.07 Å². The Morgan fingerprint density at radius 1 is 1.13 bits per heavy atom. The lowest BCUT2D eigenvalue weighted by atomic mass is 9.49. The Balaban J connectivity index is 1.60. The number of benzene rings is 2. The Morgan fingerprint density at radius 2 is 1.90 bits per heavy atom. The van der Waals surface area contributed by atoms with Gasteiger partial charge in [0.05, 0.1) is 12.7 Å². The average molecular weight is 407 g/mol. The first-order valence-corrected chi connectivity index (χ1v) is 11.5. The molecule has 30 heavy (non-hydrogen) atoms. The highest BCUT2D eigenvalue weighted by molar-refractivity contribution is 5.51. The van der Waals surface area contributed by atoms with Gasteiger partial charge in [-0.05, 0) is 64.0 Å². The minimum Gasteiger partial charge on any atom is -0.489 e. The molecule has 3 heteroatoms. The quantitative estimate of drug-likeness (QED) is 0.687. The summed E-state index contributed by atoms with van der Waals surface area (Å²) in [7, 11) is 0. The summed E-state index contributed by atoms with van der Waals surface area (Å²) in [6.07, 6.45) is 2.89. The van der Waals surface area contributed by atoms with Crippen LogP contribution < -0.4 is 4.74 Å². The van der Waals surface area contributed by atoms with Gasteiger partial charge in [0.15, 0.2) is 0 Å². The van der Waals surface area contributed by atoms with Gasteiger partial charge in [-0.25, -0.2) is 0 Å². The van der Waals surface area contributed by atoms with Gasteiger partial charge in [-0.3, -0.25) is 0 Å². The van der Waals surface area contributed by atoms with Gasteiger partial charge in [-0.15, -0.1) is 0 Å². The molecule has 0 spiro atoms. The molecule has 2 aromatic carbocycles. The van der Waals surface area contributed by atoms with Gasteiger partial charge < -0.3 is 14.6 Å². The second-order valence-electron chi connectivity index (χ2n) is 10.5. The van der Waals surface area contributed by atoms with Crippen molar-refractivity contribution in [1.29, 1.82) is 0 Å². The Labute approximate surface area is 180 Å². The van der Waals surface area contributed by atoms with Crippen molar-refractivity contribution in [1.82, 2.24) is 0 Å². The number of aliphatic hydroxyl groups excluding tert-OH is 1. The largest absolute Gasteiger partial charge is 0.489 e. The smallest absolute Gasteiger partial charge is 0.123 e. The van der Waals surface area contributed by atoms with E-state index in [9.17, 15) is 5.11 Å². The van der Waals surface area contributed by atoms with Crippen LogP contribution in [-0.2, 0) is 16.8 Å². The highest BCUT2D eigenvalue weighted by Crippen LogP contribution is 2.63. The van der Waals surface area contributed by atoms with Crippen LogP contribution >= 0.6 is 0 Å². The molecule has 1 N–H and O–H groups in total. The van der Waals surface area contributed by atoms with Crippen LogP contribution in [0.15, 0.2) is 42.5 Å². The summed E-state index contributed by atoms with van der Waals surface area (Å²) < 4.78 is 12.7. The Bertz CT molecular complexity index is 937. The molecule has 3 nitrogen and oxygen atoms in total. The molecule has 1 heterocycles. The predicted octanol–water partition coefficient (Wildman–Crippen LogP) is 5.90. The molecule has 0 bridgehead atoms. The fourth-order valence-electron chi connectivity index (χ4n) is 6.66. The molecule has 0 amide bonds. The van der Waals surface area contributed by atoms with Crippen LogP contribution in [-0.4, -0.2) is 17.8 Å². The van der Waals surface area contributed by atoms with Gasteiger partial charge in [0, 0.05) is 5.92 Å². The molecule has 2 fully saturated rings. The summed E-state index contributed by atoms with van der Waals surface area (Å²) in [5.41, 5.74) is 4.84. The van der Waals surface area contributed by atoms with Gasteiger partial charge in [0.1, 0.15) is 18.5 Å². The zero-order valence-corrected chi connectivity index (χ0v) is 18.7. The summed E-state index contributed by atoms with van der Waals surface area (Å²) in [6.45, 7) is 10.5. The first-order chi connectivity index (χ1) is 14.3. The second kappa shape index (κ2) is 7.10. The van der Waals surface area contributed by atoms with E-state index < -0.39 is 6.10 Å². The number of hydrogen-bond donors (Lipinski definition) is 1. The predicted molar refractivity (Wildman–Crippen MR) is 119 cm³/mol. The number of ether oxygens (including phenoxy) is 2. The van der Waals surface area contributed by atoms with Crippen LogP contribution in [0.25, 0.3) is 0 Å². The molecule has 5 atom stereocenters. The Hall–Kier alpha value is -1.84. The van der Waals surface area contributed by atoms with Crippen LogP contribution in [0.2, 0.25) is 0 Å². The van der Waals surface area contributed by atoms with Crippen molar-refractivity contribution < 1.29 is 14.6 Å². The lowest BCUT2D eigenvalue weighted by Crippen LogP contribution is -2.53. The third-order valence-electron chi connectivity index (χ3n) is 8.10. The maximum Gasteiger partial charge on any atom is 0.123 e. The van der Waals surface area contributed by atoms with Crippen molar-refractivity contribution in [2.75, 3.05) is 6.61 Å². The third kappa shape index (κ3) is 2.93. The Morgan fingerprint density at radius 3 is 2.63 bits per heavy atom. The molecule has 5 rings (SSSR count). The van der Waals surface area contributed by atoms with Crippen LogP contribution in [0.5, 0.6) is 5.75 Å². The summed E-state index contributed by atoms with van der Waals surface area (Å²) in [4.78, 5) is 0. The third-order valence-corrected chi connectivity index (χ3v) is 8.10. The standard InChI is InChI=1S/C27H34O3/c1-17(2)19-13-20-21(14-22(19)29-15-18-9-6-5-7-10-18)27(4)12-8-11-26(3)16-30-24(23(20)28)25(26)27/h5-7,9-10,13-14,17,23-25,28H,8,11-12,15-16H2,1-4H3/t23-,24+,25+,26+,27-/m1/s1. The van der Waals surface area contributed by atoms with E-state index in [-0.39, 0.29) is 16.9 Å². The summed E-state index contributed by atoms with van der Waals surface area (Å²) in [5.74, 6) is 1.64. The number of fused-ring (bicyclic) bond motifs is 2. The second-order valence-corrected chi connectivity index (χ2v) is 10.5. The van der Waals surface area contributed by atoms with Crippen LogP contribution in [0.1, 0.15) is 81.2 Å². The summed E-state index contributed by atoms with van der Waals surface area (Å²) >= 11 is 0. The van der Waals surface area contributed by atoms with Crippen LogP contribution in [0, 0.1) is 11.3 Å². The van der Waals surface area contributed by atoms with E-state index in [0.29, 0.717) is 18.4 Å². The van der Waals surface area contributed by atoms with E-state index >= 15 is 0 Å². The first kappa shape index (κ1) is 20.1. The van der Waals surface area contributed by atoms with Gasteiger partial charge in [0.2, 0.25) is 0 Å². The normalized spacial score (nSPS) is 34.5. The molecular formula is C27H34O3. The monoisotopic (exact) mass is 406 g/mol. The molecule has 2 aliphatic carbocycles. The van der Waals surface area contributed by atoms with Gasteiger partial charge in [0.25, 0.3) is 0 Å². The first-order valence-electron chi connectivity index (χ1n) is 11.5. The van der Waals surface area contributed by atoms with Gasteiger partial charge in [-0.1, -0.05) is 64.4 Å². The Kier molecular flexibility index (Phi) is 4.75. The highest BCUT2D eigenvalue weighted by Gasteiger charge is 2.62. The molecule has 1 saturated carbocycles. The number of hydrogen-bond acceptors (Lipinski definition) is 3. The number of aliphatic hydroxyl groups is 1. The molecule has 1 aliphatic heterocycles. The molecular weight excluding hydrogens is 372 g/mol. The molecule has 1 saturated heterocycles. The summed E-state index contributed by atoms with van der Waals surface area (Å²) in [6, 6.07) is 14.8. The van der Waals surface area contributed by atoms with E-state index in [4.69, 9.17) is 9.47 Å². The fourth-order valence-corrected chi connectivity index (χ4v) is 6.66. The molecule has 2 aromatic rings.